The second kappa shape index (κ2) is 5.20. The van der Waals surface area contributed by atoms with Crippen LogP contribution in [0.2, 0.25) is 0 Å². The Balaban J connectivity index is 1.95. The molecule has 0 aromatic heterocycles. The van der Waals surface area contributed by atoms with Gasteiger partial charge < -0.3 is 0 Å². The minimum atomic E-state index is -0.388. The molecule has 1 aliphatic heterocycles. The Hall–Kier alpha value is -1.23. The van der Waals surface area contributed by atoms with Gasteiger partial charge in [-0.2, -0.15) is 0 Å². The van der Waals surface area contributed by atoms with Gasteiger partial charge in [-0.05, 0) is 58.8 Å². The van der Waals surface area contributed by atoms with E-state index >= 15 is 0 Å². The lowest BCUT2D eigenvalue weighted by Crippen LogP contribution is -2.47. The van der Waals surface area contributed by atoms with Crippen molar-refractivity contribution in [3.05, 3.63) is 28.0 Å². The molecule has 1 saturated carbocycles. The second-order valence-electron chi connectivity index (χ2n) is 6.24. The minimum absolute atomic E-state index is 0.115. The van der Waals surface area contributed by atoms with Crippen LogP contribution >= 0.6 is 15.9 Å². The van der Waals surface area contributed by atoms with E-state index in [0.717, 1.165) is 25.7 Å². The van der Waals surface area contributed by atoms with Gasteiger partial charge in [0.1, 0.15) is 5.82 Å². The molecule has 1 spiro atoms. The number of amides is 2. The van der Waals surface area contributed by atoms with Crippen molar-refractivity contribution in [1.29, 1.82) is 0 Å². The maximum atomic E-state index is 13.5. The summed E-state index contributed by atoms with van der Waals surface area (Å²) < 4.78 is 13.8. The summed E-state index contributed by atoms with van der Waals surface area (Å²) >= 11 is 3.12. The van der Waals surface area contributed by atoms with Crippen molar-refractivity contribution in [2.45, 2.75) is 45.4 Å². The molecule has 1 saturated heterocycles. The van der Waals surface area contributed by atoms with Crippen molar-refractivity contribution in [3.63, 3.8) is 0 Å². The molecule has 1 heterocycles. The van der Waals surface area contributed by atoms with E-state index in [2.05, 4.69) is 15.9 Å². The Bertz CT molecular complexity index is 603. The van der Waals surface area contributed by atoms with Gasteiger partial charge in [-0.1, -0.05) is 12.8 Å². The number of carbonyl (C=O) groups excluding carboxylic acids is 2. The lowest BCUT2D eigenvalue weighted by atomic mass is 9.76. The van der Waals surface area contributed by atoms with Crippen LogP contribution in [0.1, 0.15) is 44.1 Å². The van der Waals surface area contributed by atoms with Gasteiger partial charge in [0.05, 0.1) is 10.2 Å². The number of nitrogens with zero attached hydrogens (tertiary/aromatic N) is 1. The lowest BCUT2D eigenvalue weighted by molar-refractivity contribution is -0.133. The molecule has 1 aromatic rings. The molecule has 2 amide bonds. The highest BCUT2D eigenvalue weighted by molar-refractivity contribution is 9.10. The van der Waals surface area contributed by atoms with Crippen LogP contribution in [-0.2, 0) is 9.59 Å². The van der Waals surface area contributed by atoms with Crippen LogP contribution in [0.15, 0.2) is 16.6 Å². The van der Waals surface area contributed by atoms with E-state index in [9.17, 15) is 14.0 Å². The van der Waals surface area contributed by atoms with Crippen LogP contribution < -0.4 is 4.90 Å². The summed E-state index contributed by atoms with van der Waals surface area (Å²) in [5, 5.41) is 0. The molecule has 0 unspecified atom stereocenters. The number of anilines is 1. The first-order valence-electron chi connectivity index (χ1n) is 7.23. The number of rotatable bonds is 1. The molecule has 1 aromatic carbocycles. The van der Waals surface area contributed by atoms with E-state index in [1.54, 1.807) is 6.92 Å². The molecular formula is C16H17BrFNO2. The number of imide groups is 1. The molecule has 21 heavy (non-hydrogen) atoms. The van der Waals surface area contributed by atoms with Crippen molar-refractivity contribution in [2.75, 3.05) is 4.90 Å². The Morgan fingerprint density at radius 2 is 1.71 bits per heavy atom. The summed E-state index contributed by atoms with van der Waals surface area (Å²) in [6.07, 6.45) is 4.97. The fourth-order valence-corrected chi connectivity index (χ4v) is 3.96. The molecule has 5 heteroatoms. The minimum Gasteiger partial charge on any atom is -0.274 e. The van der Waals surface area contributed by atoms with Crippen LogP contribution in [0.4, 0.5) is 10.1 Å². The van der Waals surface area contributed by atoms with E-state index < -0.39 is 0 Å². The van der Waals surface area contributed by atoms with Crippen LogP contribution in [0, 0.1) is 18.2 Å². The molecule has 112 valence electrons. The molecule has 0 radical (unpaired) electrons. The predicted octanol–water partition coefficient (Wildman–Crippen LogP) is 4.11. The largest absolute Gasteiger partial charge is 0.274 e. The number of carbonyl (C=O) groups is 2. The molecule has 0 N–H and O–H groups in total. The van der Waals surface area contributed by atoms with E-state index in [0.29, 0.717) is 24.1 Å². The highest BCUT2D eigenvalue weighted by Gasteiger charge is 2.45. The van der Waals surface area contributed by atoms with Gasteiger partial charge in [0, 0.05) is 12.8 Å². The summed E-state index contributed by atoms with van der Waals surface area (Å²) in [6.45, 7) is 1.71. The normalized spacial score (nSPS) is 21.4. The third-order valence-corrected chi connectivity index (χ3v) is 5.30. The van der Waals surface area contributed by atoms with Gasteiger partial charge in [-0.25, -0.2) is 4.39 Å². The van der Waals surface area contributed by atoms with Crippen LogP contribution in [-0.4, -0.2) is 11.8 Å². The third-order valence-electron chi connectivity index (χ3n) is 4.70. The Morgan fingerprint density at radius 3 is 2.29 bits per heavy atom. The smallest absolute Gasteiger partial charge is 0.234 e. The summed E-state index contributed by atoms with van der Waals surface area (Å²) in [5.41, 5.74) is 0.974. The summed E-state index contributed by atoms with van der Waals surface area (Å²) in [7, 11) is 0. The molecule has 0 atom stereocenters. The fourth-order valence-electron chi connectivity index (χ4n) is 3.63. The van der Waals surface area contributed by atoms with Crippen LogP contribution in [0.5, 0.6) is 0 Å². The van der Waals surface area contributed by atoms with Crippen molar-refractivity contribution in [3.8, 4) is 0 Å². The van der Waals surface area contributed by atoms with Crippen molar-refractivity contribution in [2.24, 2.45) is 5.41 Å². The zero-order valence-corrected chi connectivity index (χ0v) is 13.5. The number of aryl methyl sites for hydroxylation is 1. The fraction of sp³-hybridized carbons (Fsp3) is 0.500. The highest BCUT2D eigenvalue weighted by atomic mass is 79.9. The second-order valence-corrected chi connectivity index (χ2v) is 7.09. The predicted molar refractivity (Wildman–Crippen MR) is 81.5 cm³/mol. The van der Waals surface area contributed by atoms with Gasteiger partial charge in [-0.15, -0.1) is 0 Å². The molecule has 0 bridgehead atoms. The standard InChI is InChI=1S/C16H17BrFNO2/c1-10-6-12(18)11(17)7-13(10)19-14(20)8-16(9-15(19)21)4-2-3-5-16/h6-7H,2-5,8-9H2,1H3. The number of piperidine rings is 1. The zero-order chi connectivity index (χ0) is 15.2. The number of halogens is 2. The Kier molecular flexibility index (Phi) is 3.64. The monoisotopic (exact) mass is 353 g/mol. The molecule has 1 aliphatic carbocycles. The number of hydrogen-bond donors (Lipinski definition) is 0. The zero-order valence-electron chi connectivity index (χ0n) is 11.9. The van der Waals surface area contributed by atoms with Crippen molar-refractivity contribution in [1.82, 2.24) is 0 Å². The number of hydrogen-bond acceptors (Lipinski definition) is 2. The first-order chi connectivity index (χ1) is 9.92. The van der Waals surface area contributed by atoms with Gasteiger partial charge in [0.2, 0.25) is 11.8 Å². The van der Waals surface area contributed by atoms with E-state index in [1.807, 2.05) is 0 Å². The maximum Gasteiger partial charge on any atom is 0.234 e. The van der Waals surface area contributed by atoms with E-state index in [1.165, 1.54) is 17.0 Å². The molecule has 2 fully saturated rings. The maximum absolute atomic E-state index is 13.5. The van der Waals surface area contributed by atoms with Gasteiger partial charge in [-0.3, -0.25) is 14.5 Å². The first kappa shape index (κ1) is 14.7. The highest BCUT2D eigenvalue weighted by Crippen LogP contribution is 2.48. The summed E-state index contributed by atoms with van der Waals surface area (Å²) in [6, 6.07) is 2.87. The summed E-state index contributed by atoms with van der Waals surface area (Å²) in [5.74, 6) is -0.704. The van der Waals surface area contributed by atoms with E-state index in [-0.39, 0.29) is 27.5 Å². The topological polar surface area (TPSA) is 37.4 Å². The van der Waals surface area contributed by atoms with Gasteiger partial charge in [0.15, 0.2) is 0 Å². The molecular weight excluding hydrogens is 337 g/mol. The average Bonchev–Trinajstić information content (AvgIpc) is 2.82. The average molecular weight is 354 g/mol. The van der Waals surface area contributed by atoms with Crippen molar-refractivity contribution < 1.29 is 14.0 Å². The lowest BCUT2D eigenvalue weighted by Gasteiger charge is -2.37. The Morgan fingerprint density at radius 1 is 1.14 bits per heavy atom. The van der Waals surface area contributed by atoms with Gasteiger partial charge in [0.25, 0.3) is 0 Å². The van der Waals surface area contributed by atoms with Crippen LogP contribution in [0.3, 0.4) is 0 Å². The summed E-state index contributed by atoms with van der Waals surface area (Å²) in [4.78, 5) is 26.3. The van der Waals surface area contributed by atoms with Gasteiger partial charge >= 0.3 is 0 Å². The van der Waals surface area contributed by atoms with Crippen molar-refractivity contribution >= 4 is 33.4 Å². The quantitative estimate of drug-likeness (QED) is 0.712. The molecule has 3 nitrogen and oxygen atoms in total. The molecule has 3 rings (SSSR count). The first-order valence-corrected chi connectivity index (χ1v) is 8.03. The Labute approximate surface area is 131 Å². The number of benzene rings is 1. The molecule has 2 aliphatic rings. The van der Waals surface area contributed by atoms with E-state index in [4.69, 9.17) is 0 Å². The SMILES string of the molecule is Cc1cc(F)c(Br)cc1N1C(=O)CC2(CCCC2)CC1=O. The van der Waals surface area contributed by atoms with Crippen LogP contribution in [0.25, 0.3) is 0 Å². The third kappa shape index (κ3) is 2.52.